The lowest BCUT2D eigenvalue weighted by Gasteiger charge is -2.02. The quantitative estimate of drug-likeness (QED) is 0.380. The van der Waals surface area contributed by atoms with Crippen molar-refractivity contribution in [2.24, 2.45) is 0 Å². The summed E-state index contributed by atoms with van der Waals surface area (Å²) in [5.41, 5.74) is -0.0254. The van der Waals surface area contributed by atoms with Gasteiger partial charge in [0, 0.05) is 5.57 Å². The van der Waals surface area contributed by atoms with Crippen LogP contribution in [0.1, 0.15) is 6.92 Å². The molecule has 0 aromatic heterocycles. The molecule has 0 aliphatic carbocycles. The van der Waals surface area contributed by atoms with Crippen molar-refractivity contribution >= 4 is 17.9 Å². The van der Waals surface area contributed by atoms with E-state index in [2.05, 4.69) is 11.3 Å². The van der Waals surface area contributed by atoms with Gasteiger partial charge in [-0.3, -0.25) is 0 Å². The summed E-state index contributed by atoms with van der Waals surface area (Å²) in [7, 11) is 0. The van der Waals surface area contributed by atoms with Crippen LogP contribution in [0, 0.1) is 0 Å². The van der Waals surface area contributed by atoms with Crippen molar-refractivity contribution < 1.29 is 29.3 Å². The maximum absolute atomic E-state index is 10.8. The lowest BCUT2D eigenvalue weighted by atomic mass is 10.3. The molecule has 14 heavy (non-hydrogen) atoms. The number of rotatable bonds is 4. The number of hydrogen-bond donors (Lipinski definition) is 2. The van der Waals surface area contributed by atoms with E-state index in [1.807, 2.05) is 0 Å². The molecule has 0 aliphatic rings. The molecule has 6 nitrogen and oxygen atoms in total. The number of carbonyl (C=O) groups excluding carboxylic acids is 1. The van der Waals surface area contributed by atoms with Crippen molar-refractivity contribution in [3.63, 3.8) is 0 Å². The monoisotopic (exact) mass is 200 g/mol. The molecule has 0 atom stereocenters. The zero-order valence-corrected chi connectivity index (χ0v) is 7.31. The Kier molecular flexibility index (Phi) is 4.08. The molecular weight excluding hydrogens is 192 g/mol. The van der Waals surface area contributed by atoms with E-state index in [1.54, 1.807) is 0 Å². The second-order valence-corrected chi connectivity index (χ2v) is 2.32. The number of hydrogen-bond acceptors (Lipinski definition) is 4. The molecule has 2 N–H and O–H groups in total. The Labute approximate surface area is 79.1 Å². The van der Waals surface area contributed by atoms with Gasteiger partial charge in [0.2, 0.25) is 5.76 Å². The largest absolute Gasteiger partial charge is 0.478 e. The molecule has 76 valence electrons. The summed E-state index contributed by atoms with van der Waals surface area (Å²) in [5, 5.41) is 16.6. The topological polar surface area (TPSA) is 101 Å². The van der Waals surface area contributed by atoms with Gasteiger partial charge in [-0.15, -0.1) is 0 Å². The van der Waals surface area contributed by atoms with Crippen molar-refractivity contribution in [2.75, 3.05) is 0 Å². The Bertz CT molecular complexity index is 325. The molecule has 0 radical (unpaired) electrons. The molecule has 0 aliphatic heterocycles. The minimum atomic E-state index is -1.64. The first kappa shape index (κ1) is 11.9. The molecule has 0 aromatic carbocycles. The van der Waals surface area contributed by atoms with Crippen LogP contribution >= 0.6 is 0 Å². The maximum atomic E-state index is 10.8. The van der Waals surface area contributed by atoms with Gasteiger partial charge in [-0.05, 0) is 6.92 Å². The number of carboxylic acids is 2. The molecule has 0 saturated heterocycles. The zero-order valence-electron chi connectivity index (χ0n) is 7.31. The van der Waals surface area contributed by atoms with Gasteiger partial charge in [-0.2, -0.15) is 0 Å². The van der Waals surface area contributed by atoms with Gasteiger partial charge in [0.15, 0.2) is 0 Å². The average molecular weight is 200 g/mol. The number of esters is 1. The highest BCUT2D eigenvalue weighted by Crippen LogP contribution is 2.02. The van der Waals surface area contributed by atoms with Crippen LogP contribution in [0.3, 0.4) is 0 Å². The summed E-state index contributed by atoms with van der Waals surface area (Å²) in [4.78, 5) is 31.3. The highest BCUT2D eigenvalue weighted by Gasteiger charge is 2.16. The van der Waals surface area contributed by atoms with Crippen LogP contribution in [-0.4, -0.2) is 28.1 Å². The Hall–Kier alpha value is -2.11. The predicted molar refractivity (Wildman–Crippen MR) is 44.3 cm³/mol. The number of ether oxygens (including phenoxy) is 1. The van der Waals surface area contributed by atoms with Crippen LogP contribution in [0.5, 0.6) is 0 Å². The Balaban J connectivity index is 4.72. The Morgan fingerprint density at radius 1 is 1.29 bits per heavy atom. The van der Waals surface area contributed by atoms with Crippen molar-refractivity contribution in [3.8, 4) is 0 Å². The minimum absolute atomic E-state index is 0.0254. The summed E-state index contributed by atoms with van der Waals surface area (Å²) >= 11 is 0. The van der Waals surface area contributed by atoms with E-state index in [0.717, 1.165) is 0 Å². The third kappa shape index (κ3) is 4.05. The van der Waals surface area contributed by atoms with Crippen LogP contribution in [0.4, 0.5) is 0 Å². The van der Waals surface area contributed by atoms with Crippen molar-refractivity contribution in [2.45, 2.75) is 6.92 Å². The molecule has 0 spiro atoms. The smallest absolute Gasteiger partial charge is 0.372 e. The van der Waals surface area contributed by atoms with E-state index in [0.29, 0.717) is 0 Å². The second kappa shape index (κ2) is 4.80. The zero-order chi connectivity index (χ0) is 11.3. The molecule has 0 fully saturated rings. The molecule has 0 bridgehead atoms. The SMILES string of the molecule is C=C(C)C(=O)O/C(=C\C(=O)O)C(=O)O. The van der Waals surface area contributed by atoms with Gasteiger partial charge in [0.05, 0.1) is 6.08 Å². The van der Waals surface area contributed by atoms with E-state index >= 15 is 0 Å². The first-order valence-electron chi connectivity index (χ1n) is 3.40. The summed E-state index contributed by atoms with van der Waals surface area (Å²) < 4.78 is 4.23. The van der Waals surface area contributed by atoms with Crippen LogP contribution < -0.4 is 0 Å². The van der Waals surface area contributed by atoms with Crippen LogP contribution in [-0.2, 0) is 19.1 Å². The lowest BCUT2D eigenvalue weighted by molar-refractivity contribution is -0.146. The number of carboxylic acid groups (broad SMARTS) is 2. The fraction of sp³-hybridized carbons (Fsp3) is 0.125. The third-order valence-electron chi connectivity index (χ3n) is 1.02. The molecular formula is C8H8O6. The minimum Gasteiger partial charge on any atom is -0.478 e. The molecule has 0 rings (SSSR count). The van der Waals surface area contributed by atoms with E-state index < -0.39 is 23.7 Å². The standard InChI is InChI=1S/C8H8O6/c1-4(2)8(13)14-5(7(11)12)3-6(9)10/h3H,1H2,2H3,(H,9,10)(H,11,12)/b5-3-. The van der Waals surface area contributed by atoms with E-state index in [-0.39, 0.29) is 11.6 Å². The van der Waals surface area contributed by atoms with Crippen LogP contribution in [0.15, 0.2) is 24.0 Å². The molecule has 0 unspecified atom stereocenters. The summed E-state index contributed by atoms with van der Waals surface area (Å²) in [5.74, 6) is -5.09. The van der Waals surface area contributed by atoms with E-state index in [9.17, 15) is 14.4 Å². The van der Waals surface area contributed by atoms with Crippen molar-refractivity contribution in [1.29, 1.82) is 0 Å². The molecule has 0 saturated carbocycles. The second-order valence-electron chi connectivity index (χ2n) is 2.32. The normalized spacial score (nSPS) is 10.5. The first-order valence-corrected chi connectivity index (χ1v) is 3.40. The van der Waals surface area contributed by atoms with Crippen LogP contribution in [0.25, 0.3) is 0 Å². The summed E-state index contributed by atoms with van der Waals surface area (Å²) in [6, 6.07) is 0. The Morgan fingerprint density at radius 2 is 1.79 bits per heavy atom. The predicted octanol–water partition coefficient (Wildman–Crippen LogP) is 0.159. The molecule has 0 amide bonds. The maximum Gasteiger partial charge on any atom is 0.372 e. The van der Waals surface area contributed by atoms with E-state index in [1.165, 1.54) is 6.92 Å². The van der Waals surface area contributed by atoms with Crippen molar-refractivity contribution in [1.82, 2.24) is 0 Å². The van der Waals surface area contributed by atoms with Gasteiger partial charge in [0.1, 0.15) is 0 Å². The molecule has 0 heterocycles. The number of carbonyl (C=O) groups is 3. The average Bonchev–Trinajstić information content (AvgIpc) is 2.01. The van der Waals surface area contributed by atoms with Crippen LogP contribution in [0.2, 0.25) is 0 Å². The Morgan fingerprint density at radius 3 is 2.07 bits per heavy atom. The van der Waals surface area contributed by atoms with Gasteiger partial charge >= 0.3 is 17.9 Å². The highest BCUT2D eigenvalue weighted by molar-refractivity contribution is 5.97. The fourth-order valence-corrected chi connectivity index (χ4v) is 0.434. The third-order valence-corrected chi connectivity index (χ3v) is 1.02. The molecule has 6 heteroatoms. The lowest BCUT2D eigenvalue weighted by Crippen LogP contribution is -2.13. The van der Waals surface area contributed by atoms with Crippen molar-refractivity contribution in [3.05, 3.63) is 24.0 Å². The highest BCUT2D eigenvalue weighted by atomic mass is 16.6. The summed E-state index contributed by atoms with van der Waals surface area (Å²) in [6.07, 6.45) is 0.281. The van der Waals surface area contributed by atoms with Gasteiger partial charge in [0.25, 0.3) is 0 Å². The van der Waals surface area contributed by atoms with Gasteiger partial charge < -0.3 is 14.9 Å². The number of aliphatic carboxylic acids is 2. The first-order chi connectivity index (χ1) is 6.34. The fourth-order valence-electron chi connectivity index (χ4n) is 0.434. The van der Waals surface area contributed by atoms with Gasteiger partial charge in [-0.1, -0.05) is 6.58 Å². The van der Waals surface area contributed by atoms with E-state index in [4.69, 9.17) is 10.2 Å². The molecule has 0 aromatic rings. The summed E-state index contributed by atoms with van der Waals surface area (Å²) in [6.45, 7) is 4.51. The van der Waals surface area contributed by atoms with Gasteiger partial charge in [-0.25, -0.2) is 14.4 Å².